The number of carbonyl (C=O) groups excluding carboxylic acids is 1. The van der Waals surface area contributed by atoms with Gasteiger partial charge in [0.25, 0.3) is 5.91 Å². The van der Waals surface area contributed by atoms with E-state index < -0.39 is 0 Å². The number of piperidine rings is 1. The lowest BCUT2D eigenvalue weighted by molar-refractivity contribution is 0.0502. The third-order valence-corrected chi connectivity index (χ3v) is 3.19. The predicted octanol–water partition coefficient (Wildman–Crippen LogP) is 1.38. The smallest absolute Gasteiger partial charge is 0.254 e. The van der Waals surface area contributed by atoms with E-state index in [0.717, 1.165) is 19.3 Å². The molecule has 17 heavy (non-hydrogen) atoms. The molecule has 4 heteroatoms. The van der Waals surface area contributed by atoms with Gasteiger partial charge in [-0.2, -0.15) is 0 Å². The molecule has 0 aliphatic carbocycles. The molecule has 1 aromatic carbocycles. The average Bonchev–Trinajstić information content (AvgIpc) is 2.38. The third kappa shape index (κ3) is 2.58. The fourth-order valence-electron chi connectivity index (χ4n) is 2.26. The average molecular weight is 235 g/mol. The van der Waals surface area contributed by atoms with Crippen LogP contribution in [0.1, 0.15) is 29.6 Å². The van der Waals surface area contributed by atoms with Crippen molar-refractivity contribution in [1.82, 2.24) is 4.90 Å². The van der Waals surface area contributed by atoms with Crippen molar-refractivity contribution in [1.29, 1.82) is 0 Å². The molecule has 1 aromatic rings. The Balaban J connectivity index is 2.18. The van der Waals surface area contributed by atoms with Gasteiger partial charge in [0.1, 0.15) is 5.75 Å². The van der Waals surface area contributed by atoms with Crippen molar-refractivity contribution in [3.63, 3.8) is 0 Å². The van der Waals surface area contributed by atoms with Crippen LogP contribution >= 0.6 is 0 Å². The summed E-state index contributed by atoms with van der Waals surface area (Å²) in [6.45, 7) is 0.685. The number of hydrogen-bond donors (Lipinski definition) is 2. The van der Waals surface area contributed by atoms with E-state index in [1.165, 1.54) is 12.1 Å². The number of benzene rings is 1. The van der Waals surface area contributed by atoms with Crippen molar-refractivity contribution in [2.75, 3.05) is 13.2 Å². The fraction of sp³-hybridized carbons (Fsp3) is 0.462. The number of phenols is 1. The number of aliphatic hydroxyl groups is 1. The van der Waals surface area contributed by atoms with Crippen LogP contribution in [0.25, 0.3) is 0 Å². The minimum Gasteiger partial charge on any atom is -0.508 e. The first kappa shape index (κ1) is 11.9. The van der Waals surface area contributed by atoms with Gasteiger partial charge in [0.05, 0.1) is 12.6 Å². The van der Waals surface area contributed by atoms with Gasteiger partial charge >= 0.3 is 0 Å². The molecule has 2 rings (SSSR count). The minimum absolute atomic E-state index is 0.00452. The Labute approximate surface area is 100 Å². The molecule has 1 aliphatic heterocycles. The summed E-state index contributed by atoms with van der Waals surface area (Å²) in [5, 5.41) is 18.6. The summed E-state index contributed by atoms with van der Waals surface area (Å²) in [6, 6.07) is 6.26. The van der Waals surface area contributed by atoms with Gasteiger partial charge < -0.3 is 15.1 Å². The molecule has 1 atom stereocenters. The number of amides is 1. The van der Waals surface area contributed by atoms with Crippen LogP contribution in [0.4, 0.5) is 0 Å². The van der Waals surface area contributed by atoms with E-state index in [0.29, 0.717) is 12.1 Å². The molecule has 1 unspecified atom stereocenters. The van der Waals surface area contributed by atoms with Gasteiger partial charge in [-0.3, -0.25) is 4.79 Å². The lowest BCUT2D eigenvalue weighted by Gasteiger charge is -2.34. The lowest BCUT2D eigenvalue weighted by Crippen LogP contribution is -2.45. The van der Waals surface area contributed by atoms with E-state index in [4.69, 9.17) is 0 Å². The number of aromatic hydroxyl groups is 1. The van der Waals surface area contributed by atoms with Crippen molar-refractivity contribution in [3.8, 4) is 5.75 Å². The van der Waals surface area contributed by atoms with Crippen LogP contribution in [0.5, 0.6) is 5.75 Å². The van der Waals surface area contributed by atoms with Crippen LogP contribution in [-0.4, -0.2) is 40.2 Å². The molecule has 0 bridgehead atoms. The maximum atomic E-state index is 12.2. The maximum absolute atomic E-state index is 12.2. The second kappa shape index (κ2) is 5.19. The van der Waals surface area contributed by atoms with Crippen molar-refractivity contribution in [3.05, 3.63) is 29.8 Å². The number of likely N-dealkylation sites (tertiary alicyclic amines) is 1. The lowest BCUT2D eigenvalue weighted by atomic mass is 10.0. The first-order chi connectivity index (χ1) is 8.22. The maximum Gasteiger partial charge on any atom is 0.254 e. The van der Waals surface area contributed by atoms with Gasteiger partial charge in [0.15, 0.2) is 0 Å². The standard InChI is InChI=1S/C13H17NO3/c15-9-11-5-1-2-7-14(11)13(17)10-4-3-6-12(16)8-10/h3-4,6,8,11,15-16H,1-2,5,7,9H2. The molecule has 4 nitrogen and oxygen atoms in total. The molecule has 0 radical (unpaired) electrons. The van der Waals surface area contributed by atoms with Crippen LogP contribution in [0, 0.1) is 0 Å². The Morgan fingerprint density at radius 3 is 2.94 bits per heavy atom. The van der Waals surface area contributed by atoms with Crippen molar-refractivity contribution in [2.45, 2.75) is 25.3 Å². The summed E-state index contributed by atoms with van der Waals surface area (Å²) in [4.78, 5) is 13.9. The molecule has 0 aromatic heterocycles. The molecule has 1 heterocycles. The van der Waals surface area contributed by atoms with E-state index in [2.05, 4.69) is 0 Å². The van der Waals surface area contributed by atoms with Gasteiger partial charge in [0.2, 0.25) is 0 Å². The molecule has 0 saturated carbocycles. The van der Waals surface area contributed by atoms with Crippen molar-refractivity contribution in [2.24, 2.45) is 0 Å². The topological polar surface area (TPSA) is 60.8 Å². The largest absolute Gasteiger partial charge is 0.508 e. The van der Waals surface area contributed by atoms with Crippen LogP contribution in [-0.2, 0) is 0 Å². The van der Waals surface area contributed by atoms with Gasteiger partial charge in [-0.05, 0) is 37.5 Å². The SMILES string of the molecule is O=C(c1cccc(O)c1)N1CCCCC1CO. The summed E-state index contributed by atoms with van der Waals surface area (Å²) in [5.41, 5.74) is 0.477. The van der Waals surface area contributed by atoms with Gasteiger partial charge in [-0.25, -0.2) is 0 Å². The van der Waals surface area contributed by atoms with E-state index >= 15 is 0 Å². The second-order valence-electron chi connectivity index (χ2n) is 4.38. The summed E-state index contributed by atoms with van der Waals surface area (Å²) >= 11 is 0. The molecule has 0 spiro atoms. The highest BCUT2D eigenvalue weighted by Crippen LogP contribution is 2.20. The quantitative estimate of drug-likeness (QED) is 0.814. The Kier molecular flexibility index (Phi) is 3.64. The molecule has 2 N–H and O–H groups in total. The Morgan fingerprint density at radius 2 is 2.24 bits per heavy atom. The van der Waals surface area contributed by atoms with Crippen LogP contribution < -0.4 is 0 Å². The van der Waals surface area contributed by atoms with Crippen LogP contribution in [0.3, 0.4) is 0 Å². The van der Waals surface area contributed by atoms with Crippen LogP contribution in [0.15, 0.2) is 24.3 Å². The summed E-state index contributed by atoms with van der Waals surface area (Å²) in [6.07, 6.45) is 2.87. The molecular formula is C13H17NO3. The Hall–Kier alpha value is -1.55. The highest BCUT2D eigenvalue weighted by atomic mass is 16.3. The normalized spacial score (nSPS) is 20.3. The number of nitrogens with zero attached hydrogens (tertiary/aromatic N) is 1. The summed E-state index contributed by atoms with van der Waals surface area (Å²) in [7, 11) is 0. The van der Waals surface area contributed by atoms with Gasteiger partial charge in [-0.15, -0.1) is 0 Å². The number of rotatable bonds is 2. The van der Waals surface area contributed by atoms with E-state index in [1.807, 2.05) is 0 Å². The fourth-order valence-corrected chi connectivity index (χ4v) is 2.26. The summed E-state index contributed by atoms with van der Waals surface area (Å²) in [5.74, 6) is -0.0203. The molecule has 1 aliphatic rings. The zero-order chi connectivity index (χ0) is 12.3. The van der Waals surface area contributed by atoms with Crippen molar-refractivity contribution < 1.29 is 15.0 Å². The molecular weight excluding hydrogens is 218 g/mol. The first-order valence-corrected chi connectivity index (χ1v) is 5.93. The monoisotopic (exact) mass is 235 g/mol. The number of aliphatic hydroxyl groups excluding tert-OH is 1. The number of carbonyl (C=O) groups is 1. The van der Waals surface area contributed by atoms with Gasteiger partial charge in [-0.1, -0.05) is 6.07 Å². The molecule has 1 fully saturated rings. The first-order valence-electron chi connectivity index (χ1n) is 5.93. The molecule has 92 valence electrons. The zero-order valence-electron chi connectivity index (χ0n) is 9.67. The highest BCUT2D eigenvalue weighted by Gasteiger charge is 2.26. The molecule has 1 amide bonds. The van der Waals surface area contributed by atoms with Crippen molar-refractivity contribution >= 4 is 5.91 Å². The van der Waals surface area contributed by atoms with Gasteiger partial charge in [0, 0.05) is 12.1 Å². The predicted molar refractivity (Wildman–Crippen MR) is 63.9 cm³/mol. The van der Waals surface area contributed by atoms with E-state index in [-0.39, 0.29) is 24.3 Å². The zero-order valence-corrected chi connectivity index (χ0v) is 9.67. The van der Waals surface area contributed by atoms with Crippen LogP contribution in [0.2, 0.25) is 0 Å². The number of phenolic OH excluding ortho intramolecular Hbond substituents is 1. The van der Waals surface area contributed by atoms with E-state index in [1.54, 1.807) is 17.0 Å². The third-order valence-electron chi connectivity index (χ3n) is 3.19. The summed E-state index contributed by atoms with van der Waals surface area (Å²) < 4.78 is 0. The Bertz CT molecular complexity index is 405. The number of hydrogen-bond acceptors (Lipinski definition) is 3. The second-order valence-corrected chi connectivity index (χ2v) is 4.38. The Morgan fingerprint density at radius 1 is 1.41 bits per heavy atom. The van der Waals surface area contributed by atoms with E-state index in [9.17, 15) is 15.0 Å². The minimum atomic E-state index is -0.111. The highest BCUT2D eigenvalue weighted by molar-refractivity contribution is 5.94. The molecule has 1 saturated heterocycles.